The van der Waals surface area contributed by atoms with Gasteiger partial charge in [0.2, 0.25) is 0 Å². The second kappa shape index (κ2) is 4.77. The summed E-state index contributed by atoms with van der Waals surface area (Å²) in [6, 6.07) is 8.30. The Balaban J connectivity index is 2.63. The number of rotatable bonds is 2. The number of nitrogen functional groups attached to an aromatic ring is 1. The summed E-state index contributed by atoms with van der Waals surface area (Å²) in [7, 11) is 0. The van der Waals surface area contributed by atoms with Crippen LogP contribution in [0.4, 0.5) is 5.82 Å². The summed E-state index contributed by atoms with van der Waals surface area (Å²) in [5.74, 6) is 1.65. The zero-order valence-corrected chi connectivity index (χ0v) is 11.4. The molecule has 0 aliphatic rings. The van der Waals surface area contributed by atoms with Crippen molar-refractivity contribution in [3.8, 4) is 11.3 Å². The predicted molar refractivity (Wildman–Crippen MR) is 75.4 cm³/mol. The Morgan fingerprint density at radius 1 is 1.11 bits per heavy atom. The first-order valence-electron chi connectivity index (χ1n) is 6.20. The van der Waals surface area contributed by atoms with E-state index >= 15 is 0 Å². The second-order valence-electron chi connectivity index (χ2n) is 4.96. The largest absolute Gasteiger partial charge is 0.383 e. The van der Waals surface area contributed by atoms with Crippen LogP contribution in [-0.2, 0) is 0 Å². The molecule has 1 aromatic heterocycles. The van der Waals surface area contributed by atoms with Gasteiger partial charge in [-0.2, -0.15) is 0 Å². The highest BCUT2D eigenvalue weighted by atomic mass is 15.0. The molecule has 0 unspecified atom stereocenters. The van der Waals surface area contributed by atoms with Gasteiger partial charge in [-0.1, -0.05) is 37.6 Å². The molecule has 2 rings (SSSR count). The fraction of sp³-hybridized carbons (Fsp3) is 0.333. The average Bonchev–Trinajstić information content (AvgIpc) is 2.32. The molecule has 0 saturated carbocycles. The number of hydrogen-bond acceptors (Lipinski definition) is 3. The number of nitrogens with zero attached hydrogens (tertiary/aromatic N) is 2. The fourth-order valence-electron chi connectivity index (χ4n) is 1.88. The fourth-order valence-corrected chi connectivity index (χ4v) is 1.88. The monoisotopic (exact) mass is 241 g/mol. The van der Waals surface area contributed by atoms with Crippen molar-refractivity contribution in [2.45, 2.75) is 33.6 Å². The van der Waals surface area contributed by atoms with Gasteiger partial charge in [0.25, 0.3) is 0 Å². The number of anilines is 1. The van der Waals surface area contributed by atoms with Crippen LogP contribution >= 0.6 is 0 Å². The number of benzene rings is 1. The van der Waals surface area contributed by atoms with Crippen LogP contribution in [0.15, 0.2) is 24.3 Å². The molecule has 1 heterocycles. The molecule has 0 amide bonds. The minimum atomic E-state index is 0.274. The zero-order valence-electron chi connectivity index (χ0n) is 11.4. The van der Waals surface area contributed by atoms with Crippen LogP contribution in [0.1, 0.15) is 36.7 Å². The Morgan fingerprint density at radius 2 is 1.83 bits per heavy atom. The summed E-state index contributed by atoms with van der Waals surface area (Å²) in [5.41, 5.74) is 10.2. The van der Waals surface area contributed by atoms with E-state index in [2.05, 4.69) is 48.9 Å². The van der Waals surface area contributed by atoms with Gasteiger partial charge in [0, 0.05) is 17.0 Å². The highest BCUT2D eigenvalue weighted by Crippen LogP contribution is 2.26. The lowest BCUT2D eigenvalue weighted by Gasteiger charge is -2.12. The number of aromatic nitrogens is 2. The smallest absolute Gasteiger partial charge is 0.133 e. The lowest BCUT2D eigenvalue weighted by molar-refractivity contribution is 0.776. The summed E-state index contributed by atoms with van der Waals surface area (Å²) < 4.78 is 0. The second-order valence-corrected chi connectivity index (χ2v) is 4.96. The predicted octanol–water partition coefficient (Wildman–Crippen LogP) is 3.47. The van der Waals surface area contributed by atoms with Gasteiger partial charge in [0.15, 0.2) is 0 Å². The molecular formula is C15H19N3. The van der Waals surface area contributed by atoms with Crippen molar-refractivity contribution in [1.82, 2.24) is 9.97 Å². The van der Waals surface area contributed by atoms with E-state index in [0.717, 1.165) is 22.6 Å². The van der Waals surface area contributed by atoms with E-state index in [1.165, 1.54) is 5.56 Å². The van der Waals surface area contributed by atoms with Gasteiger partial charge in [-0.05, 0) is 19.9 Å². The third kappa shape index (κ3) is 2.35. The molecule has 0 fully saturated rings. The molecule has 3 heteroatoms. The Morgan fingerprint density at radius 3 is 2.44 bits per heavy atom. The minimum Gasteiger partial charge on any atom is -0.383 e. The topological polar surface area (TPSA) is 51.8 Å². The van der Waals surface area contributed by atoms with Gasteiger partial charge in [-0.25, -0.2) is 9.97 Å². The molecule has 3 nitrogen and oxygen atoms in total. The molecular weight excluding hydrogens is 222 g/mol. The van der Waals surface area contributed by atoms with Crippen LogP contribution in [-0.4, -0.2) is 9.97 Å². The zero-order chi connectivity index (χ0) is 13.3. The van der Waals surface area contributed by atoms with E-state index in [4.69, 9.17) is 5.73 Å². The van der Waals surface area contributed by atoms with Crippen molar-refractivity contribution in [3.63, 3.8) is 0 Å². The molecule has 0 aliphatic heterocycles. The SMILES string of the molecule is Cc1cccc(-c2nc(C(C)C)nc(N)c2C)c1. The first-order valence-corrected chi connectivity index (χ1v) is 6.20. The molecule has 1 aromatic carbocycles. The molecule has 0 saturated heterocycles. The molecule has 94 valence electrons. The van der Waals surface area contributed by atoms with Crippen LogP contribution in [0.5, 0.6) is 0 Å². The van der Waals surface area contributed by atoms with Crippen LogP contribution in [0.25, 0.3) is 11.3 Å². The molecule has 0 spiro atoms. The first kappa shape index (κ1) is 12.6. The Kier molecular flexibility index (Phi) is 3.32. The van der Waals surface area contributed by atoms with Gasteiger partial charge in [-0.3, -0.25) is 0 Å². The number of aryl methyl sites for hydroxylation is 1. The van der Waals surface area contributed by atoms with Crippen molar-refractivity contribution in [3.05, 3.63) is 41.2 Å². The Labute approximate surface area is 108 Å². The van der Waals surface area contributed by atoms with Crippen molar-refractivity contribution < 1.29 is 0 Å². The minimum absolute atomic E-state index is 0.274. The first-order chi connectivity index (χ1) is 8.49. The number of hydrogen-bond donors (Lipinski definition) is 1. The third-order valence-corrected chi connectivity index (χ3v) is 3.01. The maximum Gasteiger partial charge on any atom is 0.133 e. The standard InChI is InChI=1S/C15H19N3/c1-9(2)15-17-13(11(4)14(16)18-15)12-7-5-6-10(3)8-12/h5-9H,1-4H3,(H2,16,17,18). The third-order valence-electron chi connectivity index (χ3n) is 3.01. The summed E-state index contributed by atoms with van der Waals surface area (Å²) in [6.45, 7) is 8.19. The van der Waals surface area contributed by atoms with E-state index in [1.54, 1.807) is 0 Å². The maximum atomic E-state index is 5.98. The summed E-state index contributed by atoms with van der Waals surface area (Å²) in [5, 5.41) is 0. The van der Waals surface area contributed by atoms with Gasteiger partial charge in [-0.15, -0.1) is 0 Å². The van der Waals surface area contributed by atoms with E-state index in [-0.39, 0.29) is 5.92 Å². The highest BCUT2D eigenvalue weighted by Gasteiger charge is 2.12. The molecule has 0 radical (unpaired) electrons. The molecule has 18 heavy (non-hydrogen) atoms. The lowest BCUT2D eigenvalue weighted by Crippen LogP contribution is -2.06. The average molecular weight is 241 g/mol. The molecule has 2 N–H and O–H groups in total. The normalized spacial score (nSPS) is 10.9. The van der Waals surface area contributed by atoms with Gasteiger partial charge in [0.05, 0.1) is 5.69 Å². The quantitative estimate of drug-likeness (QED) is 0.876. The number of nitrogens with two attached hydrogens (primary N) is 1. The van der Waals surface area contributed by atoms with Crippen molar-refractivity contribution in [1.29, 1.82) is 0 Å². The van der Waals surface area contributed by atoms with Crippen LogP contribution in [0.3, 0.4) is 0 Å². The van der Waals surface area contributed by atoms with Gasteiger partial charge >= 0.3 is 0 Å². The van der Waals surface area contributed by atoms with E-state index < -0.39 is 0 Å². The maximum absolute atomic E-state index is 5.98. The van der Waals surface area contributed by atoms with Crippen LogP contribution in [0.2, 0.25) is 0 Å². The summed E-state index contributed by atoms with van der Waals surface area (Å²) in [6.07, 6.45) is 0. The van der Waals surface area contributed by atoms with Crippen molar-refractivity contribution >= 4 is 5.82 Å². The summed E-state index contributed by atoms with van der Waals surface area (Å²) in [4.78, 5) is 9.00. The van der Waals surface area contributed by atoms with Crippen LogP contribution < -0.4 is 5.73 Å². The molecule has 0 aliphatic carbocycles. The molecule has 2 aromatic rings. The van der Waals surface area contributed by atoms with E-state index in [1.807, 2.05) is 13.0 Å². The molecule has 0 bridgehead atoms. The van der Waals surface area contributed by atoms with Gasteiger partial charge < -0.3 is 5.73 Å². The van der Waals surface area contributed by atoms with Crippen molar-refractivity contribution in [2.75, 3.05) is 5.73 Å². The van der Waals surface area contributed by atoms with Crippen LogP contribution in [0, 0.1) is 13.8 Å². The Hall–Kier alpha value is -1.90. The summed E-state index contributed by atoms with van der Waals surface area (Å²) >= 11 is 0. The lowest BCUT2D eigenvalue weighted by atomic mass is 10.0. The van der Waals surface area contributed by atoms with Crippen molar-refractivity contribution in [2.24, 2.45) is 0 Å². The van der Waals surface area contributed by atoms with E-state index in [0.29, 0.717) is 5.82 Å². The highest BCUT2D eigenvalue weighted by molar-refractivity contribution is 5.67. The Bertz CT molecular complexity index is 574. The van der Waals surface area contributed by atoms with Gasteiger partial charge in [0.1, 0.15) is 11.6 Å². The van der Waals surface area contributed by atoms with E-state index in [9.17, 15) is 0 Å². The molecule has 0 atom stereocenters.